The number of aromatic amines is 1. The van der Waals surface area contributed by atoms with Crippen molar-refractivity contribution in [1.29, 1.82) is 0 Å². The molecule has 2 aromatic heterocycles. The SMILES string of the molecule is CC(C)C(=O)N1CCCCC1c1cc2nc3c(c(=O)n2[nH]1)CCN(C(C)C)C3. The van der Waals surface area contributed by atoms with E-state index in [0.717, 1.165) is 62.3 Å². The summed E-state index contributed by atoms with van der Waals surface area (Å²) >= 11 is 0. The van der Waals surface area contributed by atoms with E-state index in [-0.39, 0.29) is 23.4 Å². The summed E-state index contributed by atoms with van der Waals surface area (Å²) in [6.45, 7) is 10.6. The van der Waals surface area contributed by atoms with Crippen LogP contribution in [-0.4, -0.2) is 49.4 Å². The van der Waals surface area contributed by atoms with Gasteiger partial charge in [-0.25, -0.2) is 9.50 Å². The van der Waals surface area contributed by atoms with E-state index in [1.807, 2.05) is 24.8 Å². The van der Waals surface area contributed by atoms with Gasteiger partial charge in [-0.15, -0.1) is 0 Å². The second-order valence-corrected chi connectivity index (χ2v) is 8.76. The zero-order chi connectivity index (χ0) is 20.0. The maximum atomic E-state index is 13.1. The first-order valence-corrected chi connectivity index (χ1v) is 10.5. The van der Waals surface area contributed by atoms with Crippen molar-refractivity contribution >= 4 is 11.6 Å². The third-order valence-corrected chi connectivity index (χ3v) is 6.18. The number of carbonyl (C=O) groups excluding carboxylic acids is 1. The largest absolute Gasteiger partial charge is 0.334 e. The fourth-order valence-electron chi connectivity index (χ4n) is 4.49. The summed E-state index contributed by atoms with van der Waals surface area (Å²) in [5.74, 6) is 0.149. The predicted molar refractivity (Wildman–Crippen MR) is 108 cm³/mol. The lowest BCUT2D eigenvalue weighted by molar-refractivity contribution is -0.138. The summed E-state index contributed by atoms with van der Waals surface area (Å²) in [4.78, 5) is 34.9. The Morgan fingerprint density at radius 1 is 1.21 bits per heavy atom. The number of fused-ring (bicyclic) bond motifs is 2. The average Bonchev–Trinajstić information content (AvgIpc) is 3.11. The molecule has 7 nitrogen and oxygen atoms in total. The number of nitrogens with zero attached hydrogens (tertiary/aromatic N) is 4. The van der Waals surface area contributed by atoms with Gasteiger partial charge in [-0.2, -0.15) is 0 Å². The van der Waals surface area contributed by atoms with Crippen LogP contribution in [0.3, 0.4) is 0 Å². The van der Waals surface area contributed by atoms with Crippen molar-refractivity contribution in [2.75, 3.05) is 13.1 Å². The monoisotopic (exact) mass is 385 g/mol. The Labute approximate surface area is 165 Å². The molecule has 0 bridgehead atoms. The third-order valence-electron chi connectivity index (χ3n) is 6.18. The van der Waals surface area contributed by atoms with Gasteiger partial charge in [0, 0.05) is 43.2 Å². The van der Waals surface area contributed by atoms with E-state index in [1.54, 1.807) is 4.52 Å². The Morgan fingerprint density at radius 2 is 2.00 bits per heavy atom. The molecule has 0 radical (unpaired) electrons. The van der Waals surface area contributed by atoms with E-state index in [0.29, 0.717) is 11.7 Å². The molecule has 0 aromatic carbocycles. The highest BCUT2D eigenvalue weighted by Crippen LogP contribution is 2.31. The number of hydrogen-bond donors (Lipinski definition) is 1. The molecule has 0 saturated carbocycles. The van der Waals surface area contributed by atoms with Crippen LogP contribution in [0.25, 0.3) is 5.65 Å². The van der Waals surface area contributed by atoms with Gasteiger partial charge in [-0.1, -0.05) is 13.8 Å². The van der Waals surface area contributed by atoms with Gasteiger partial charge in [0.2, 0.25) is 5.91 Å². The number of amides is 1. The molecule has 0 spiro atoms. The van der Waals surface area contributed by atoms with Crippen molar-refractivity contribution in [3.63, 3.8) is 0 Å². The molecule has 1 N–H and O–H groups in total. The van der Waals surface area contributed by atoms with Crippen LogP contribution in [0.15, 0.2) is 10.9 Å². The predicted octanol–water partition coefficient (Wildman–Crippen LogP) is 2.50. The number of aromatic nitrogens is 3. The summed E-state index contributed by atoms with van der Waals surface area (Å²) in [6.07, 6.45) is 3.77. The summed E-state index contributed by atoms with van der Waals surface area (Å²) in [7, 11) is 0. The molecular formula is C21H31N5O2. The van der Waals surface area contributed by atoms with Gasteiger partial charge < -0.3 is 4.90 Å². The molecule has 0 aliphatic carbocycles. The molecule has 7 heteroatoms. The standard InChI is InChI=1S/C21H31N5O2/c1-13(2)20(27)25-9-6-5-7-18(25)16-11-19-22-17-12-24(14(3)4)10-8-15(17)21(28)26(19)23-16/h11,13-14,18,23H,5-10,12H2,1-4H3. The number of nitrogens with one attached hydrogen (secondary N) is 1. The number of H-pyrrole nitrogens is 1. The highest BCUT2D eigenvalue weighted by molar-refractivity contribution is 5.78. The minimum atomic E-state index is -0.0276. The van der Waals surface area contributed by atoms with Gasteiger partial charge in [-0.3, -0.25) is 19.6 Å². The molecular weight excluding hydrogens is 354 g/mol. The first kappa shape index (κ1) is 19.2. The highest BCUT2D eigenvalue weighted by atomic mass is 16.2. The lowest BCUT2D eigenvalue weighted by Gasteiger charge is -2.36. The fourth-order valence-corrected chi connectivity index (χ4v) is 4.49. The summed E-state index contributed by atoms with van der Waals surface area (Å²) in [5.41, 5.74) is 3.30. The minimum absolute atomic E-state index is 0.00561. The number of piperidine rings is 1. The van der Waals surface area contributed by atoms with Crippen LogP contribution in [0.1, 0.15) is 70.0 Å². The van der Waals surface area contributed by atoms with E-state index in [1.165, 1.54) is 0 Å². The second kappa shape index (κ2) is 7.35. The van der Waals surface area contributed by atoms with Crippen LogP contribution in [0.2, 0.25) is 0 Å². The van der Waals surface area contributed by atoms with Gasteiger partial charge in [0.25, 0.3) is 5.56 Å². The third kappa shape index (κ3) is 3.26. The van der Waals surface area contributed by atoms with Gasteiger partial charge in [-0.05, 0) is 39.5 Å². The van der Waals surface area contributed by atoms with Crippen LogP contribution in [0, 0.1) is 5.92 Å². The molecule has 2 aliphatic rings. The van der Waals surface area contributed by atoms with Gasteiger partial charge in [0.15, 0.2) is 5.65 Å². The van der Waals surface area contributed by atoms with Crippen LogP contribution in [-0.2, 0) is 17.8 Å². The normalized spacial score (nSPS) is 20.9. The van der Waals surface area contributed by atoms with E-state index in [9.17, 15) is 9.59 Å². The van der Waals surface area contributed by atoms with E-state index < -0.39 is 0 Å². The molecule has 28 heavy (non-hydrogen) atoms. The molecule has 4 rings (SSSR count). The summed E-state index contributed by atoms with van der Waals surface area (Å²) in [5, 5.41) is 3.28. The van der Waals surface area contributed by atoms with Crippen LogP contribution in [0.4, 0.5) is 0 Å². The lowest BCUT2D eigenvalue weighted by atomic mass is 9.97. The van der Waals surface area contributed by atoms with Crippen molar-refractivity contribution < 1.29 is 4.79 Å². The summed E-state index contributed by atoms with van der Waals surface area (Å²) in [6, 6.07) is 2.40. The lowest BCUT2D eigenvalue weighted by Crippen LogP contribution is -2.41. The Morgan fingerprint density at radius 3 is 2.71 bits per heavy atom. The summed E-state index contributed by atoms with van der Waals surface area (Å²) < 4.78 is 1.58. The van der Waals surface area contributed by atoms with Crippen molar-refractivity contribution in [3.05, 3.63) is 33.4 Å². The van der Waals surface area contributed by atoms with Crippen LogP contribution < -0.4 is 5.56 Å². The Balaban J connectivity index is 1.73. The molecule has 1 unspecified atom stereocenters. The Kier molecular flexibility index (Phi) is 5.04. The zero-order valence-electron chi connectivity index (χ0n) is 17.4. The molecule has 1 amide bonds. The maximum absolute atomic E-state index is 13.1. The fraction of sp³-hybridized carbons (Fsp3) is 0.667. The molecule has 4 heterocycles. The Bertz CT molecular complexity index is 942. The van der Waals surface area contributed by atoms with E-state index >= 15 is 0 Å². The van der Waals surface area contributed by atoms with E-state index in [2.05, 4.69) is 23.8 Å². The number of likely N-dealkylation sites (tertiary alicyclic amines) is 1. The molecule has 2 aliphatic heterocycles. The number of rotatable bonds is 3. The topological polar surface area (TPSA) is 73.7 Å². The second-order valence-electron chi connectivity index (χ2n) is 8.76. The van der Waals surface area contributed by atoms with Gasteiger partial charge >= 0.3 is 0 Å². The van der Waals surface area contributed by atoms with Gasteiger partial charge in [0.05, 0.1) is 17.4 Å². The zero-order valence-corrected chi connectivity index (χ0v) is 17.4. The number of hydrogen-bond acceptors (Lipinski definition) is 4. The quantitative estimate of drug-likeness (QED) is 0.881. The maximum Gasteiger partial charge on any atom is 0.276 e. The highest BCUT2D eigenvalue weighted by Gasteiger charge is 2.31. The average molecular weight is 386 g/mol. The first-order valence-electron chi connectivity index (χ1n) is 10.5. The number of carbonyl (C=O) groups is 1. The van der Waals surface area contributed by atoms with Gasteiger partial charge in [0.1, 0.15) is 0 Å². The Hall–Kier alpha value is -2.15. The van der Waals surface area contributed by atoms with Crippen molar-refractivity contribution in [1.82, 2.24) is 24.4 Å². The van der Waals surface area contributed by atoms with Crippen molar-refractivity contribution in [2.24, 2.45) is 5.92 Å². The minimum Gasteiger partial charge on any atom is -0.334 e. The van der Waals surface area contributed by atoms with Crippen molar-refractivity contribution in [3.8, 4) is 0 Å². The molecule has 1 saturated heterocycles. The van der Waals surface area contributed by atoms with Crippen LogP contribution in [0.5, 0.6) is 0 Å². The first-order chi connectivity index (χ1) is 13.4. The van der Waals surface area contributed by atoms with Crippen LogP contribution >= 0.6 is 0 Å². The molecule has 2 aromatic rings. The van der Waals surface area contributed by atoms with Crippen molar-refractivity contribution in [2.45, 2.75) is 72.0 Å². The molecule has 1 fully saturated rings. The molecule has 1 atom stereocenters. The van der Waals surface area contributed by atoms with E-state index in [4.69, 9.17) is 4.98 Å². The molecule has 152 valence electrons. The smallest absolute Gasteiger partial charge is 0.276 e.